The topological polar surface area (TPSA) is 92.5 Å². The normalized spacial score (nSPS) is 20.8. The first-order valence-electron chi connectivity index (χ1n) is 8.99. The molecule has 0 radical (unpaired) electrons. The third-order valence-corrected chi connectivity index (χ3v) is 6.99. The molecule has 1 aromatic rings. The van der Waals surface area contributed by atoms with Crippen LogP contribution in [0.3, 0.4) is 0 Å². The number of nitrogens with zero attached hydrogens (tertiary/aromatic N) is 1. The van der Waals surface area contributed by atoms with Crippen LogP contribution in [-0.4, -0.2) is 37.8 Å². The van der Waals surface area contributed by atoms with Gasteiger partial charge >= 0.3 is 0 Å². The van der Waals surface area contributed by atoms with Crippen molar-refractivity contribution in [1.29, 1.82) is 0 Å². The predicted octanol–water partition coefficient (Wildman–Crippen LogP) is 1.85. The number of rotatable bonds is 8. The number of benzene rings is 1. The molecule has 2 atom stereocenters. The molecule has 6 nitrogen and oxygen atoms in total. The highest BCUT2D eigenvalue weighted by Gasteiger charge is 2.26. The van der Waals surface area contributed by atoms with Gasteiger partial charge in [-0.2, -0.15) is 4.31 Å². The lowest BCUT2D eigenvalue weighted by atomic mass is 10.00. The van der Waals surface area contributed by atoms with Gasteiger partial charge in [0.25, 0.3) is 0 Å². The molecule has 1 aliphatic carbocycles. The Morgan fingerprint density at radius 2 is 1.84 bits per heavy atom. The van der Waals surface area contributed by atoms with Crippen LogP contribution in [0.4, 0.5) is 0 Å². The summed E-state index contributed by atoms with van der Waals surface area (Å²) in [5.74, 6) is 0.281. The fourth-order valence-electron chi connectivity index (χ4n) is 3.32. The Balaban J connectivity index is 1.91. The van der Waals surface area contributed by atoms with Crippen molar-refractivity contribution in [2.45, 2.75) is 57.0 Å². The molecule has 1 amide bonds. The maximum absolute atomic E-state index is 12.4. The van der Waals surface area contributed by atoms with Crippen LogP contribution in [0.5, 0.6) is 0 Å². The Hall–Kier alpha value is -1.44. The van der Waals surface area contributed by atoms with Gasteiger partial charge in [0.1, 0.15) is 0 Å². The number of carbonyl (C=O) groups is 1. The van der Waals surface area contributed by atoms with E-state index in [1.807, 2.05) is 13.8 Å². The highest BCUT2D eigenvalue weighted by Crippen LogP contribution is 2.26. The highest BCUT2D eigenvalue weighted by atomic mass is 32.2. The van der Waals surface area contributed by atoms with Crippen LogP contribution in [-0.2, 0) is 21.4 Å². The molecule has 0 heterocycles. The van der Waals surface area contributed by atoms with Gasteiger partial charge in [-0.1, -0.05) is 32.4 Å². The molecule has 3 N–H and O–H groups in total. The molecule has 1 saturated carbocycles. The minimum Gasteiger partial charge on any atom is -0.352 e. The van der Waals surface area contributed by atoms with Gasteiger partial charge in [0.05, 0.1) is 4.90 Å². The van der Waals surface area contributed by atoms with E-state index in [2.05, 4.69) is 5.32 Å². The minimum atomic E-state index is -3.44. The molecule has 1 aromatic carbocycles. The summed E-state index contributed by atoms with van der Waals surface area (Å²) < 4.78 is 26.3. The van der Waals surface area contributed by atoms with Gasteiger partial charge in [-0.25, -0.2) is 8.42 Å². The van der Waals surface area contributed by atoms with Gasteiger partial charge < -0.3 is 11.1 Å². The molecular weight excluding hydrogens is 338 g/mol. The Labute approximate surface area is 150 Å². The summed E-state index contributed by atoms with van der Waals surface area (Å²) in [5.41, 5.74) is 6.88. The van der Waals surface area contributed by atoms with E-state index >= 15 is 0 Å². The molecule has 140 valence electrons. The Morgan fingerprint density at radius 1 is 1.20 bits per heavy atom. The van der Waals surface area contributed by atoms with Gasteiger partial charge in [-0.3, -0.25) is 4.79 Å². The monoisotopic (exact) mass is 367 g/mol. The summed E-state index contributed by atoms with van der Waals surface area (Å²) in [6.45, 7) is 4.93. The summed E-state index contributed by atoms with van der Waals surface area (Å²) in [4.78, 5) is 12.3. The maximum Gasteiger partial charge on any atom is 0.243 e. The average Bonchev–Trinajstić information content (AvgIpc) is 2.99. The first-order chi connectivity index (χ1) is 11.9. The van der Waals surface area contributed by atoms with E-state index in [0.717, 1.165) is 24.8 Å². The second-order valence-electron chi connectivity index (χ2n) is 6.57. The summed E-state index contributed by atoms with van der Waals surface area (Å²) in [6.07, 6.45) is 3.59. The van der Waals surface area contributed by atoms with E-state index in [1.54, 1.807) is 24.3 Å². The highest BCUT2D eigenvalue weighted by molar-refractivity contribution is 7.89. The fraction of sp³-hybridized carbons (Fsp3) is 0.611. The van der Waals surface area contributed by atoms with E-state index < -0.39 is 10.0 Å². The van der Waals surface area contributed by atoms with Crippen molar-refractivity contribution in [2.24, 2.45) is 11.7 Å². The molecule has 2 rings (SSSR count). The van der Waals surface area contributed by atoms with Gasteiger partial charge in [-0.05, 0) is 36.5 Å². The molecule has 1 aliphatic rings. The number of nitrogens with two attached hydrogens (primary N) is 1. The number of carbonyl (C=O) groups excluding carboxylic acids is 1. The summed E-state index contributed by atoms with van der Waals surface area (Å²) >= 11 is 0. The number of hydrogen-bond acceptors (Lipinski definition) is 4. The lowest BCUT2D eigenvalue weighted by Crippen LogP contribution is -2.31. The van der Waals surface area contributed by atoms with Crippen LogP contribution in [0, 0.1) is 5.92 Å². The Kier molecular flexibility index (Phi) is 6.98. The van der Waals surface area contributed by atoms with Crippen LogP contribution in [0.2, 0.25) is 0 Å². The van der Waals surface area contributed by atoms with Crippen LogP contribution >= 0.6 is 0 Å². The van der Waals surface area contributed by atoms with Crippen LogP contribution in [0.25, 0.3) is 0 Å². The van der Waals surface area contributed by atoms with Crippen molar-refractivity contribution in [3.8, 4) is 0 Å². The van der Waals surface area contributed by atoms with E-state index in [1.165, 1.54) is 4.31 Å². The quantitative estimate of drug-likeness (QED) is 0.733. The first-order valence-corrected chi connectivity index (χ1v) is 10.4. The standard InChI is InChI=1S/C18H29N3O3S/c1-3-21(4-2)25(23,24)16-10-8-14(9-11-16)13-20-18(22)12-15-6-5-7-17(15)19/h8-11,15,17H,3-7,12-13,19H2,1-2H3,(H,20,22)/t15-,17+/m0/s1. The van der Waals surface area contributed by atoms with Crippen LogP contribution in [0.15, 0.2) is 29.2 Å². The van der Waals surface area contributed by atoms with Crippen molar-refractivity contribution in [3.63, 3.8) is 0 Å². The number of amides is 1. The zero-order chi connectivity index (χ0) is 18.4. The van der Waals surface area contributed by atoms with Crippen molar-refractivity contribution in [3.05, 3.63) is 29.8 Å². The van der Waals surface area contributed by atoms with Crippen molar-refractivity contribution in [1.82, 2.24) is 9.62 Å². The summed E-state index contributed by atoms with van der Waals surface area (Å²) in [5, 5.41) is 2.90. The summed E-state index contributed by atoms with van der Waals surface area (Å²) in [6, 6.07) is 6.83. The second kappa shape index (κ2) is 8.78. The lowest BCUT2D eigenvalue weighted by molar-refractivity contribution is -0.122. The zero-order valence-corrected chi connectivity index (χ0v) is 15.9. The van der Waals surface area contributed by atoms with E-state index in [0.29, 0.717) is 26.1 Å². The molecule has 1 fully saturated rings. The van der Waals surface area contributed by atoms with Gasteiger partial charge in [-0.15, -0.1) is 0 Å². The molecule has 25 heavy (non-hydrogen) atoms. The molecular formula is C18H29N3O3S. The smallest absolute Gasteiger partial charge is 0.243 e. The minimum absolute atomic E-state index is 0.00203. The van der Waals surface area contributed by atoms with Crippen molar-refractivity contribution >= 4 is 15.9 Å². The fourth-order valence-corrected chi connectivity index (χ4v) is 4.78. The number of nitrogens with one attached hydrogen (secondary N) is 1. The number of hydrogen-bond donors (Lipinski definition) is 2. The largest absolute Gasteiger partial charge is 0.352 e. The predicted molar refractivity (Wildman–Crippen MR) is 98.3 cm³/mol. The molecule has 0 bridgehead atoms. The molecule has 0 spiro atoms. The SMILES string of the molecule is CCN(CC)S(=O)(=O)c1ccc(CNC(=O)C[C@@H]2CCC[C@H]2N)cc1. The molecule has 7 heteroatoms. The molecule has 0 aliphatic heterocycles. The van der Waals surface area contributed by atoms with E-state index in [4.69, 9.17) is 5.73 Å². The zero-order valence-electron chi connectivity index (χ0n) is 15.1. The maximum atomic E-state index is 12.4. The molecule has 0 saturated heterocycles. The third-order valence-electron chi connectivity index (χ3n) is 4.92. The number of sulfonamides is 1. The molecule has 0 aromatic heterocycles. The Morgan fingerprint density at radius 3 is 2.36 bits per heavy atom. The van der Waals surface area contributed by atoms with Gasteiger partial charge in [0, 0.05) is 32.1 Å². The van der Waals surface area contributed by atoms with Gasteiger partial charge in [0.2, 0.25) is 15.9 Å². The average molecular weight is 368 g/mol. The Bertz CT molecular complexity index is 669. The molecule has 0 unspecified atom stereocenters. The van der Waals surface area contributed by atoms with Crippen LogP contribution in [0.1, 0.15) is 45.1 Å². The third kappa shape index (κ3) is 5.03. The lowest BCUT2D eigenvalue weighted by Gasteiger charge is -2.18. The van der Waals surface area contributed by atoms with Crippen molar-refractivity contribution < 1.29 is 13.2 Å². The second-order valence-corrected chi connectivity index (χ2v) is 8.51. The van der Waals surface area contributed by atoms with Crippen LogP contribution < -0.4 is 11.1 Å². The van der Waals surface area contributed by atoms with E-state index in [9.17, 15) is 13.2 Å². The van der Waals surface area contributed by atoms with E-state index in [-0.39, 0.29) is 22.8 Å². The van der Waals surface area contributed by atoms with Gasteiger partial charge in [0.15, 0.2) is 0 Å². The van der Waals surface area contributed by atoms with Crippen molar-refractivity contribution in [2.75, 3.05) is 13.1 Å². The summed E-state index contributed by atoms with van der Waals surface area (Å²) in [7, 11) is -3.44. The first kappa shape index (κ1) is 19.9.